The van der Waals surface area contributed by atoms with Gasteiger partial charge in [0.25, 0.3) is 0 Å². The second-order valence-electron chi connectivity index (χ2n) is 5.23. The van der Waals surface area contributed by atoms with Gasteiger partial charge in [-0.25, -0.2) is 4.98 Å². The normalized spacial score (nSPS) is 11.2. The van der Waals surface area contributed by atoms with Crippen molar-refractivity contribution in [2.45, 2.75) is 26.9 Å². The van der Waals surface area contributed by atoms with Gasteiger partial charge in [-0.15, -0.1) is 0 Å². The van der Waals surface area contributed by atoms with Gasteiger partial charge in [0.1, 0.15) is 5.82 Å². The van der Waals surface area contributed by atoms with Crippen LogP contribution in [0.15, 0.2) is 42.5 Å². The van der Waals surface area contributed by atoms with Crippen molar-refractivity contribution in [2.75, 3.05) is 0 Å². The summed E-state index contributed by atoms with van der Waals surface area (Å²) in [5.74, 6) is 0.939. The van der Waals surface area contributed by atoms with Gasteiger partial charge < -0.3 is 10.3 Å². The van der Waals surface area contributed by atoms with Crippen LogP contribution in [-0.2, 0) is 13.1 Å². The number of hydrogen-bond donors (Lipinski definition) is 1. The monoisotopic (exact) mass is 265 g/mol. The lowest BCUT2D eigenvalue weighted by molar-refractivity contribution is 0.744. The Morgan fingerprint density at radius 3 is 2.45 bits per heavy atom. The lowest BCUT2D eigenvalue weighted by Gasteiger charge is -2.09. The van der Waals surface area contributed by atoms with Gasteiger partial charge in [0.2, 0.25) is 0 Å². The van der Waals surface area contributed by atoms with Gasteiger partial charge >= 0.3 is 0 Å². The lowest BCUT2D eigenvalue weighted by atomic mass is 10.1. The second-order valence-corrected chi connectivity index (χ2v) is 5.23. The Morgan fingerprint density at radius 1 is 1.05 bits per heavy atom. The highest BCUT2D eigenvalue weighted by Gasteiger charge is 2.11. The molecular weight excluding hydrogens is 246 g/mol. The SMILES string of the molecule is Cc1cc2nc(CN)n(Cc3ccccc3)c2cc1C. The molecule has 0 saturated carbocycles. The van der Waals surface area contributed by atoms with E-state index in [1.165, 1.54) is 16.7 Å². The van der Waals surface area contributed by atoms with Crippen molar-refractivity contribution in [1.29, 1.82) is 0 Å². The van der Waals surface area contributed by atoms with Crippen molar-refractivity contribution in [2.24, 2.45) is 5.73 Å². The van der Waals surface area contributed by atoms with Gasteiger partial charge in [-0.2, -0.15) is 0 Å². The van der Waals surface area contributed by atoms with Crippen molar-refractivity contribution >= 4 is 11.0 Å². The van der Waals surface area contributed by atoms with Crippen LogP contribution >= 0.6 is 0 Å². The molecule has 0 aliphatic rings. The first kappa shape index (κ1) is 12.9. The summed E-state index contributed by atoms with van der Waals surface area (Å²) in [6.07, 6.45) is 0. The first-order valence-corrected chi connectivity index (χ1v) is 6.89. The molecule has 3 rings (SSSR count). The van der Waals surface area contributed by atoms with Gasteiger partial charge in [0.15, 0.2) is 0 Å². The molecule has 1 aromatic heterocycles. The Bertz CT molecular complexity index is 742. The maximum Gasteiger partial charge on any atom is 0.123 e. The molecule has 3 heteroatoms. The molecule has 2 N–H and O–H groups in total. The number of rotatable bonds is 3. The van der Waals surface area contributed by atoms with Gasteiger partial charge in [-0.05, 0) is 42.7 Å². The fourth-order valence-electron chi connectivity index (χ4n) is 2.53. The van der Waals surface area contributed by atoms with Gasteiger partial charge in [0, 0.05) is 6.54 Å². The minimum atomic E-state index is 0.458. The first-order chi connectivity index (χ1) is 9.69. The van der Waals surface area contributed by atoms with E-state index in [2.05, 4.69) is 59.8 Å². The van der Waals surface area contributed by atoms with E-state index in [-0.39, 0.29) is 0 Å². The van der Waals surface area contributed by atoms with Crippen LogP contribution in [0.25, 0.3) is 11.0 Å². The summed E-state index contributed by atoms with van der Waals surface area (Å²) in [6, 6.07) is 14.8. The van der Waals surface area contributed by atoms with Crippen LogP contribution in [0.4, 0.5) is 0 Å². The molecule has 2 aromatic carbocycles. The Labute approximate surface area is 119 Å². The third-order valence-corrected chi connectivity index (χ3v) is 3.81. The Balaban J connectivity index is 2.15. The molecule has 102 valence electrons. The van der Waals surface area contributed by atoms with Gasteiger partial charge in [-0.1, -0.05) is 30.3 Å². The highest BCUT2D eigenvalue weighted by molar-refractivity contribution is 5.78. The number of nitrogens with zero attached hydrogens (tertiary/aromatic N) is 2. The minimum absolute atomic E-state index is 0.458. The van der Waals surface area contributed by atoms with Crippen molar-refractivity contribution in [3.8, 4) is 0 Å². The van der Waals surface area contributed by atoms with E-state index in [4.69, 9.17) is 5.73 Å². The van der Waals surface area contributed by atoms with E-state index in [0.29, 0.717) is 6.54 Å². The molecule has 3 nitrogen and oxygen atoms in total. The number of nitrogens with two attached hydrogens (primary N) is 1. The molecule has 0 spiro atoms. The maximum absolute atomic E-state index is 5.86. The third-order valence-electron chi connectivity index (χ3n) is 3.81. The number of hydrogen-bond acceptors (Lipinski definition) is 2. The standard InChI is InChI=1S/C17H19N3/c1-12-8-15-16(9-13(12)2)20(17(10-18)19-15)11-14-6-4-3-5-7-14/h3-9H,10-11,18H2,1-2H3. The van der Waals surface area contributed by atoms with Crippen LogP contribution in [0.1, 0.15) is 22.5 Å². The van der Waals surface area contributed by atoms with Crippen LogP contribution in [0.2, 0.25) is 0 Å². The second kappa shape index (κ2) is 5.10. The van der Waals surface area contributed by atoms with E-state index >= 15 is 0 Å². The van der Waals surface area contributed by atoms with E-state index in [9.17, 15) is 0 Å². The summed E-state index contributed by atoms with van der Waals surface area (Å²) in [5, 5.41) is 0. The number of imidazole rings is 1. The van der Waals surface area contributed by atoms with Gasteiger partial charge in [0.05, 0.1) is 17.6 Å². The topological polar surface area (TPSA) is 43.8 Å². The van der Waals surface area contributed by atoms with E-state index in [1.807, 2.05) is 6.07 Å². The molecule has 0 fully saturated rings. The quantitative estimate of drug-likeness (QED) is 0.790. The summed E-state index contributed by atoms with van der Waals surface area (Å²) in [6.45, 7) is 5.52. The number of fused-ring (bicyclic) bond motifs is 1. The van der Waals surface area contributed by atoms with Crippen molar-refractivity contribution in [1.82, 2.24) is 9.55 Å². The third kappa shape index (κ3) is 2.21. The fourth-order valence-corrected chi connectivity index (χ4v) is 2.53. The molecule has 0 aliphatic carbocycles. The number of benzene rings is 2. The molecule has 20 heavy (non-hydrogen) atoms. The maximum atomic E-state index is 5.86. The van der Waals surface area contributed by atoms with Crippen LogP contribution in [-0.4, -0.2) is 9.55 Å². The molecule has 0 amide bonds. The zero-order chi connectivity index (χ0) is 14.1. The van der Waals surface area contributed by atoms with E-state index in [1.54, 1.807) is 0 Å². The van der Waals surface area contributed by atoms with Crippen molar-refractivity contribution in [3.63, 3.8) is 0 Å². The first-order valence-electron chi connectivity index (χ1n) is 6.89. The predicted octanol–water partition coefficient (Wildman–Crippen LogP) is 3.16. The fraction of sp³-hybridized carbons (Fsp3) is 0.235. The average Bonchev–Trinajstić information content (AvgIpc) is 2.78. The lowest BCUT2D eigenvalue weighted by Crippen LogP contribution is -2.09. The van der Waals surface area contributed by atoms with Crippen molar-refractivity contribution in [3.05, 3.63) is 65.0 Å². The average molecular weight is 265 g/mol. The zero-order valence-electron chi connectivity index (χ0n) is 11.9. The zero-order valence-corrected chi connectivity index (χ0v) is 11.9. The minimum Gasteiger partial charge on any atom is -0.324 e. The summed E-state index contributed by atoms with van der Waals surface area (Å²) in [4.78, 5) is 4.67. The molecule has 0 saturated heterocycles. The number of aromatic nitrogens is 2. The summed E-state index contributed by atoms with van der Waals surface area (Å²) in [5.41, 5.74) is 11.9. The van der Waals surface area contributed by atoms with E-state index in [0.717, 1.165) is 23.4 Å². The van der Waals surface area contributed by atoms with Gasteiger partial charge in [-0.3, -0.25) is 0 Å². The molecular formula is C17H19N3. The van der Waals surface area contributed by atoms with Crippen molar-refractivity contribution < 1.29 is 0 Å². The van der Waals surface area contributed by atoms with Crippen LogP contribution < -0.4 is 5.73 Å². The Hall–Kier alpha value is -2.13. The Morgan fingerprint density at radius 2 is 1.75 bits per heavy atom. The summed E-state index contributed by atoms with van der Waals surface area (Å²) in [7, 11) is 0. The largest absolute Gasteiger partial charge is 0.324 e. The molecule has 0 atom stereocenters. The number of aryl methyl sites for hydroxylation is 2. The molecule has 0 bridgehead atoms. The smallest absolute Gasteiger partial charge is 0.123 e. The highest BCUT2D eigenvalue weighted by atomic mass is 15.1. The molecule has 1 heterocycles. The van der Waals surface area contributed by atoms with Crippen LogP contribution in [0, 0.1) is 13.8 Å². The van der Waals surface area contributed by atoms with Crippen LogP contribution in [0.3, 0.4) is 0 Å². The predicted molar refractivity (Wildman–Crippen MR) is 82.6 cm³/mol. The molecule has 3 aromatic rings. The highest BCUT2D eigenvalue weighted by Crippen LogP contribution is 2.22. The molecule has 0 aliphatic heterocycles. The molecule has 0 unspecified atom stereocenters. The molecule has 0 radical (unpaired) electrons. The summed E-state index contributed by atoms with van der Waals surface area (Å²) >= 11 is 0. The van der Waals surface area contributed by atoms with E-state index < -0.39 is 0 Å². The summed E-state index contributed by atoms with van der Waals surface area (Å²) < 4.78 is 2.22. The van der Waals surface area contributed by atoms with Crippen LogP contribution in [0.5, 0.6) is 0 Å². The Kier molecular flexibility index (Phi) is 3.28.